The molecule has 0 spiro atoms. The van der Waals surface area contributed by atoms with Crippen molar-refractivity contribution in [2.45, 2.75) is 39.2 Å². The molecule has 0 N–H and O–H groups in total. The molecular weight excluding hydrogens is 288 g/mol. The van der Waals surface area contributed by atoms with Gasteiger partial charge in [0.25, 0.3) is 10.2 Å². The molecule has 0 atom stereocenters. The molecule has 0 bridgehead atoms. The summed E-state index contributed by atoms with van der Waals surface area (Å²) in [6.07, 6.45) is 1.89. The van der Waals surface area contributed by atoms with Gasteiger partial charge in [-0.25, -0.2) is 0 Å². The third-order valence-corrected chi connectivity index (χ3v) is 6.73. The first-order valence-corrected chi connectivity index (χ1v) is 9.08. The quantitative estimate of drug-likeness (QED) is 0.775. The van der Waals surface area contributed by atoms with E-state index >= 15 is 0 Å². The van der Waals surface area contributed by atoms with Gasteiger partial charge in [0.2, 0.25) is 0 Å². The Morgan fingerprint density at radius 1 is 1.00 bits per heavy atom. The van der Waals surface area contributed by atoms with Gasteiger partial charge in [-0.05, 0) is 32.6 Å². The average molecular weight is 314 g/mol. The van der Waals surface area contributed by atoms with Gasteiger partial charge in [0.1, 0.15) is 5.54 Å². The van der Waals surface area contributed by atoms with Crippen LogP contribution >= 0.6 is 0 Å². The van der Waals surface area contributed by atoms with Gasteiger partial charge >= 0.3 is 0 Å². The van der Waals surface area contributed by atoms with Crippen LogP contribution in [0.1, 0.15) is 33.6 Å². The Hall–Kier alpha value is -0.680. The smallest absolute Gasteiger partial charge is 0.282 e. The summed E-state index contributed by atoms with van der Waals surface area (Å²) in [5.41, 5.74) is -0.531. The van der Waals surface area contributed by atoms with Crippen molar-refractivity contribution in [1.82, 2.24) is 13.5 Å². The maximum atomic E-state index is 12.6. The number of piperidine rings is 1. The first-order chi connectivity index (χ1) is 9.77. The van der Waals surface area contributed by atoms with Gasteiger partial charge in [0.15, 0.2) is 0 Å². The van der Waals surface area contributed by atoms with E-state index in [1.807, 2.05) is 13.8 Å². The van der Waals surface area contributed by atoms with Crippen molar-refractivity contribution in [3.05, 3.63) is 0 Å². The molecule has 0 amide bonds. The fourth-order valence-corrected chi connectivity index (χ4v) is 4.55. The molecule has 0 aromatic carbocycles. The van der Waals surface area contributed by atoms with Gasteiger partial charge in [-0.15, -0.1) is 0 Å². The standard InChI is InChI=1S/C14H26N4O2S/c1-13-4-6-17(7-5-13)21(19,20)18-10-8-16(9-11-18)14(2,3)12-15/h13H,4-11H2,1-3H3. The highest BCUT2D eigenvalue weighted by Gasteiger charge is 2.37. The van der Waals surface area contributed by atoms with Gasteiger partial charge in [-0.3, -0.25) is 4.90 Å². The molecule has 2 heterocycles. The molecule has 2 aliphatic heterocycles. The highest BCUT2D eigenvalue weighted by molar-refractivity contribution is 7.86. The number of hydrogen-bond donors (Lipinski definition) is 0. The molecule has 120 valence electrons. The predicted molar refractivity (Wildman–Crippen MR) is 81.7 cm³/mol. The van der Waals surface area contributed by atoms with Crippen LogP contribution in [-0.2, 0) is 10.2 Å². The Kier molecular flexibility index (Phi) is 4.93. The number of nitriles is 1. The maximum absolute atomic E-state index is 12.6. The summed E-state index contributed by atoms with van der Waals surface area (Å²) in [5, 5.41) is 9.17. The zero-order valence-electron chi connectivity index (χ0n) is 13.2. The third-order valence-electron chi connectivity index (χ3n) is 4.70. The summed E-state index contributed by atoms with van der Waals surface area (Å²) in [6, 6.07) is 2.28. The Balaban J connectivity index is 1.97. The Morgan fingerprint density at radius 3 is 1.95 bits per heavy atom. The largest absolute Gasteiger partial charge is 0.283 e. The zero-order valence-corrected chi connectivity index (χ0v) is 14.1. The fraction of sp³-hybridized carbons (Fsp3) is 0.929. The molecule has 2 aliphatic rings. The lowest BCUT2D eigenvalue weighted by atomic mass is 10.0. The van der Waals surface area contributed by atoms with Gasteiger partial charge in [-0.1, -0.05) is 6.92 Å². The summed E-state index contributed by atoms with van der Waals surface area (Å²) >= 11 is 0. The lowest BCUT2D eigenvalue weighted by molar-refractivity contribution is 0.111. The average Bonchev–Trinajstić information content (AvgIpc) is 2.48. The molecule has 0 unspecified atom stereocenters. The molecule has 21 heavy (non-hydrogen) atoms. The van der Waals surface area contributed by atoms with Crippen LogP contribution in [0.2, 0.25) is 0 Å². The summed E-state index contributed by atoms with van der Waals surface area (Å²) in [4.78, 5) is 2.05. The lowest BCUT2D eigenvalue weighted by Crippen LogP contribution is -2.58. The van der Waals surface area contributed by atoms with Crippen molar-refractivity contribution < 1.29 is 8.42 Å². The molecule has 0 radical (unpaired) electrons. The second kappa shape index (κ2) is 6.21. The van der Waals surface area contributed by atoms with E-state index in [0.717, 1.165) is 12.8 Å². The molecule has 2 saturated heterocycles. The van der Waals surface area contributed by atoms with Crippen LogP contribution in [0.15, 0.2) is 0 Å². The SMILES string of the molecule is CC1CCN(S(=O)(=O)N2CCN(C(C)(C)C#N)CC2)CC1. The first-order valence-electron chi connectivity index (χ1n) is 7.69. The van der Waals surface area contributed by atoms with Crippen molar-refractivity contribution in [2.75, 3.05) is 39.3 Å². The maximum Gasteiger partial charge on any atom is 0.282 e. The number of rotatable bonds is 3. The van der Waals surface area contributed by atoms with Crippen LogP contribution in [0.25, 0.3) is 0 Å². The summed E-state index contributed by atoms with van der Waals surface area (Å²) in [6.45, 7) is 9.37. The normalized spacial score (nSPS) is 24.9. The lowest BCUT2D eigenvalue weighted by Gasteiger charge is -2.42. The van der Waals surface area contributed by atoms with E-state index in [1.165, 1.54) is 0 Å². The molecule has 0 aromatic heterocycles. The van der Waals surface area contributed by atoms with Crippen molar-refractivity contribution in [3.63, 3.8) is 0 Å². The molecule has 6 nitrogen and oxygen atoms in total. The Morgan fingerprint density at radius 2 is 1.48 bits per heavy atom. The zero-order chi connectivity index (χ0) is 15.7. The summed E-state index contributed by atoms with van der Waals surface area (Å²) in [5.74, 6) is 0.615. The van der Waals surface area contributed by atoms with Gasteiger partial charge in [0.05, 0.1) is 6.07 Å². The van der Waals surface area contributed by atoms with Crippen LogP contribution in [0, 0.1) is 17.2 Å². The van der Waals surface area contributed by atoms with Crippen molar-refractivity contribution >= 4 is 10.2 Å². The topological polar surface area (TPSA) is 67.7 Å². The molecule has 2 fully saturated rings. The molecule has 0 aromatic rings. The predicted octanol–water partition coefficient (Wildman–Crippen LogP) is 0.883. The van der Waals surface area contributed by atoms with Gasteiger partial charge in [-0.2, -0.15) is 22.3 Å². The first kappa shape index (κ1) is 16.7. The van der Waals surface area contributed by atoms with E-state index in [2.05, 4.69) is 17.9 Å². The Labute approximate surface area is 128 Å². The fourth-order valence-electron chi connectivity index (χ4n) is 2.93. The van der Waals surface area contributed by atoms with Crippen LogP contribution in [0.4, 0.5) is 0 Å². The molecule has 2 rings (SSSR count). The number of piperazine rings is 1. The minimum absolute atomic E-state index is 0.472. The molecule has 0 saturated carbocycles. The number of nitrogens with zero attached hydrogens (tertiary/aromatic N) is 4. The summed E-state index contributed by atoms with van der Waals surface area (Å²) in [7, 11) is -3.33. The van der Waals surface area contributed by atoms with E-state index in [4.69, 9.17) is 5.26 Å². The molecular formula is C14H26N4O2S. The van der Waals surface area contributed by atoms with E-state index in [0.29, 0.717) is 45.2 Å². The number of hydrogen-bond acceptors (Lipinski definition) is 4. The second-order valence-electron chi connectivity index (χ2n) is 6.65. The van der Waals surface area contributed by atoms with E-state index in [1.54, 1.807) is 8.61 Å². The van der Waals surface area contributed by atoms with E-state index in [9.17, 15) is 8.42 Å². The minimum atomic E-state index is -3.33. The van der Waals surface area contributed by atoms with Crippen molar-refractivity contribution in [1.29, 1.82) is 5.26 Å². The van der Waals surface area contributed by atoms with Gasteiger partial charge in [0, 0.05) is 39.3 Å². The van der Waals surface area contributed by atoms with Crippen LogP contribution in [0.3, 0.4) is 0 Å². The second-order valence-corrected chi connectivity index (χ2v) is 8.57. The Bertz CT molecular complexity index is 496. The van der Waals surface area contributed by atoms with Crippen molar-refractivity contribution in [3.8, 4) is 6.07 Å². The van der Waals surface area contributed by atoms with Crippen LogP contribution in [0.5, 0.6) is 0 Å². The van der Waals surface area contributed by atoms with Gasteiger partial charge < -0.3 is 0 Å². The monoisotopic (exact) mass is 314 g/mol. The minimum Gasteiger partial charge on any atom is -0.283 e. The highest BCUT2D eigenvalue weighted by atomic mass is 32.2. The summed E-state index contributed by atoms with van der Waals surface area (Å²) < 4.78 is 28.5. The van der Waals surface area contributed by atoms with E-state index < -0.39 is 15.7 Å². The molecule has 0 aliphatic carbocycles. The molecule has 7 heteroatoms. The third kappa shape index (κ3) is 3.57. The highest BCUT2D eigenvalue weighted by Crippen LogP contribution is 2.23. The van der Waals surface area contributed by atoms with Crippen molar-refractivity contribution in [2.24, 2.45) is 5.92 Å². The van der Waals surface area contributed by atoms with E-state index in [-0.39, 0.29) is 0 Å². The van der Waals surface area contributed by atoms with Crippen LogP contribution < -0.4 is 0 Å². The van der Waals surface area contributed by atoms with Crippen LogP contribution in [-0.4, -0.2) is 66.7 Å².